The number of allylic oxidation sites excluding steroid dienone is 1. The second-order valence-corrected chi connectivity index (χ2v) is 8.04. The summed E-state index contributed by atoms with van der Waals surface area (Å²) in [5.41, 5.74) is 5.85. The first-order valence-corrected chi connectivity index (χ1v) is 11.3. The van der Waals surface area contributed by atoms with E-state index in [9.17, 15) is 13.2 Å². The average Bonchev–Trinajstić information content (AvgIpc) is 2.87. The molecule has 0 aromatic heterocycles. The second-order valence-electron chi connectivity index (χ2n) is 8.04. The van der Waals surface area contributed by atoms with E-state index in [1.54, 1.807) is 6.92 Å². The van der Waals surface area contributed by atoms with Crippen molar-refractivity contribution in [1.29, 1.82) is 0 Å². The van der Waals surface area contributed by atoms with E-state index >= 15 is 0 Å². The van der Waals surface area contributed by atoms with Crippen LogP contribution in [0.25, 0.3) is 28.3 Å². The van der Waals surface area contributed by atoms with Crippen molar-refractivity contribution < 1.29 is 22.6 Å². The first kappa shape index (κ1) is 24.1. The predicted molar refractivity (Wildman–Crippen MR) is 134 cm³/mol. The van der Waals surface area contributed by atoms with E-state index in [0.29, 0.717) is 0 Å². The van der Waals surface area contributed by atoms with Crippen molar-refractivity contribution in [3.63, 3.8) is 0 Å². The van der Waals surface area contributed by atoms with Crippen molar-refractivity contribution in [2.75, 3.05) is 6.61 Å². The van der Waals surface area contributed by atoms with Crippen molar-refractivity contribution in [1.82, 2.24) is 0 Å². The molecule has 178 valence electrons. The van der Waals surface area contributed by atoms with Crippen LogP contribution in [0.15, 0.2) is 90.8 Å². The third-order valence-electron chi connectivity index (χ3n) is 5.49. The van der Waals surface area contributed by atoms with Crippen LogP contribution in [0.3, 0.4) is 0 Å². The molecule has 4 aromatic rings. The molecule has 0 saturated heterocycles. The third kappa shape index (κ3) is 5.93. The molecule has 0 atom stereocenters. The summed E-state index contributed by atoms with van der Waals surface area (Å²) >= 11 is 0. The highest BCUT2D eigenvalue weighted by Crippen LogP contribution is 2.29. The Balaban J connectivity index is 1.41. The molecular formula is C30H25F3O2. The molecular weight excluding hydrogens is 449 g/mol. The molecule has 0 radical (unpaired) electrons. The Bertz CT molecular complexity index is 1310. The summed E-state index contributed by atoms with van der Waals surface area (Å²) in [5.74, 6) is -2.62. The van der Waals surface area contributed by atoms with Gasteiger partial charge in [-0.1, -0.05) is 72.8 Å². The van der Waals surface area contributed by atoms with E-state index in [4.69, 9.17) is 9.47 Å². The number of rotatable bonds is 8. The number of hydrogen-bond acceptors (Lipinski definition) is 2. The van der Waals surface area contributed by atoms with Crippen molar-refractivity contribution in [2.24, 2.45) is 0 Å². The van der Waals surface area contributed by atoms with Gasteiger partial charge in [-0.2, -0.15) is 8.78 Å². The van der Waals surface area contributed by atoms with E-state index in [-0.39, 0.29) is 30.5 Å². The maximum Gasteiger partial charge on any atom is 0.204 e. The molecule has 0 heterocycles. The largest absolute Gasteiger partial charge is 0.491 e. The van der Waals surface area contributed by atoms with Gasteiger partial charge in [0.2, 0.25) is 11.6 Å². The summed E-state index contributed by atoms with van der Waals surface area (Å²) in [6, 6.07) is 26.3. The molecule has 0 aliphatic rings. The van der Waals surface area contributed by atoms with Gasteiger partial charge in [0.05, 0.1) is 12.4 Å². The quantitative estimate of drug-likeness (QED) is 0.255. The van der Waals surface area contributed by atoms with Crippen LogP contribution in [-0.2, 0) is 6.61 Å². The lowest BCUT2D eigenvalue weighted by Gasteiger charge is -2.11. The summed E-state index contributed by atoms with van der Waals surface area (Å²) < 4.78 is 51.8. The van der Waals surface area contributed by atoms with E-state index in [0.717, 1.165) is 33.4 Å². The molecule has 4 aromatic carbocycles. The fourth-order valence-corrected chi connectivity index (χ4v) is 3.70. The first-order chi connectivity index (χ1) is 16.9. The van der Waals surface area contributed by atoms with Gasteiger partial charge >= 0.3 is 0 Å². The lowest BCUT2D eigenvalue weighted by molar-refractivity contribution is 0.274. The minimum absolute atomic E-state index is 0.108. The van der Waals surface area contributed by atoms with Gasteiger partial charge in [0.1, 0.15) is 6.61 Å². The lowest BCUT2D eigenvalue weighted by Crippen LogP contribution is -2.02. The first-order valence-electron chi connectivity index (χ1n) is 11.3. The van der Waals surface area contributed by atoms with E-state index in [1.165, 1.54) is 25.1 Å². The normalized spacial score (nSPS) is 11.4. The molecule has 0 unspecified atom stereocenters. The molecule has 5 heteroatoms. The predicted octanol–water partition coefficient (Wildman–Crippen LogP) is 8.61. The SMILES string of the molecule is CCOc1ccc(OCc2ccc(-c3ccc(-c4ccc(/C=C(/C)F)cc4)cc3)cc2)c(F)c1F. The highest BCUT2D eigenvalue weighted by atomic mass is 19.2. The van der Waals surface area contributed by atoms with Crippen LogP contribution in [0, 0.1) is 11.6 Å². The van der Waals surface area contributed by atoms with Gasteiger partial charge in [0, 0.05) is 0 Å². The zero-order valence-electron chi connectivity index (χ0n) is 19.5. The Morgan fingerprint density at radius 1 is 0.657 bits per heavy atom. The molecule has 0 fully saturated rings. The van der Waals surface area contributed by atoms with Gasteiger partial charge in [-0.05, 0) is 65.4 Å². The van der Waals surface area contributed by atoms with Crippen LogP contribution in [0.4, 0.5) is 13.2 Å². The zero-order chi connectivity index (χ0) is 24.8. The van der Waals surface area contributed by atoms with E-state index in [1.807, 2.05) is 72.8 Å². The Morgan fingerprint density at radius 3 is 1.54 bits per heavy atom. The zero-order valence-corrected chi connectivity index (χ0v) is 19.5. The summed E-state index contributed by atoms with van der Waals surface area (Å²) in [6.45, 7) is 3.48. The fraction of sp³-hybridized carbons (Fsp3) is 0.133. The van der Waals surface area contributed by atoms with Crippen molar-refractivity contribution in [2.45, 2.75) is 20.5 Å². The molecule has 0 N–H and O–H groups in total. The van der Waals surface area contributed by atoms with Gasteiger partial charge < -0.3 is 9.47 Å². The minimum Gasteiger partial charge on any atom is -0.491 e. The maximum atomic E-state index is 14.2. The highest BCUT2D eigenvalue weighted by molar-refractivity contribution is 5.71. The molecule has 0 saturated carbocycles. The molecule has 0 bridgehead atoms. The fourth-order valence-electron chi connectivity index (χ4n) is 3.70. The standard InChI is InChI=1S/C30H25F3O2/c1-3-34-27-16-17-28(30(33)29(27)32)35-19-22-6-10-24(11-7-22)26-14-12-25(13-15-26)23-8-4-21(5-9-23)18-20(2)31/h4-18H,3,19H2,1-2H3/b20-18-. The van der Waals surface area contributed by atoms with Crippen LogP contribution in [0.1, 0.15) is 25.0 Å². The smallest absolute Gasteiger partial charge is 0.204 e. The molecule has 0 amide bonds. The molecule has 0 aliphatic heterocycles. The van der Waals surface area contributed by atoms with Crippen molar-refractivity contribution >= 4 is 6.08 Å². The minimum atomic E-state index is -1.06. The third-order valence-corrected chi connectivity index (χ3v) is 5.49. The number of hydrogen-bond donors (Lipinski definition) is 0. The Labute approximate surface area is 203 Å². The summed E-state index contributed by atoms with van der Waals surface area (Å²) in [6.07, 6.45) is 1.49. The Kier molecular flexibility index (Phi) is 7.56. The van der Waals surface area contributed by atoms with Gasteiger partial charge in [-0.3, -0.25) is 0 Å². The monoisotopic (exact) mass is 474 g/mol. The molecule has 2 nitrogen and oxygen atoms in total. The maximum absolute atomic E-state index is 14.2. The van der Waals surface area contributed by atoms with Gasteiger partial charge in [0.15, 0.2) is 11.5 Å². The summed E-state index contributed by atoms with van der Waals surface area (Å²) in [4.78, 5) is 0. The van der Waals surface area contributed by atoms with Crippen LogP contribution < -0.4 is 9.47 Å². The molecule has 35 heavy (non-hydrogen) atoms. The van der Waals surface area contributed by atoms with Gasteiger partial charge in [-0.25, -0.2) is 4.39 Å². The van der Waals surface area contributed by atoms with Crippen LogP contribution in [0.2, 0.25) is 0 Å². The van der Waals surface area contributed by atoms with Gasteiger partial charge in [0.25, 0.3) is 0 Å². The topological polar surface area (TPSA) is 18.5 Å². The van der Waals surface area contributed by atoms with E-state index < -0.39 is 11.6 Å². The van der Waals surface area contributed by atoms with Crippen LogP contribution in [-0.4, -0.2) is 6.61 Å². The average molecular weight is 475 g/mol. The Morgan fingerprint density at radius 2 is 1.09 bits per heavy atom. The second kappa shape index (κ2) is 11.0. The molecule has 0 aliphatic carbocycles. The number of halogens is 3. The highest BCUT2D eigenvalue weighted by Gasteiger charge is 2.15. The van der Waals surface area contributed by atoms with Crippen LogP contribution in [0.5, 0.6) is 11.5 Å². The van der Waals surface area contributed by atoms with Crippen molar-refractivity contribution in [3.05, 3.63) is 114 Å². The van der Waals surface area contributed by atoms with Crippen molar-refractivity contribution in [3.8, 4) is 33.8 Å². The Hall–Kier alpha value is -3.99. The molecule has 0 spiro atoms. The number of ether oxygens (including phenoxy) is 2. The lowest BCUT2D eigenvalue weighted by atomic mass is 9.99. The number of benzene rings is 4. The van der Waals surface area contributed by atoms with Crippen LogP contribution >= 0.6 is 0 Å². The van der Waals surface area contributed by atoms with E-state index in [2.05, 4.69) is 0 Å². The summed E-state index contributed by atoms with van der Waals surface area (Å²) in [7, 11) is 0. The molecule has 4 rings (SSSR count). The van der Waals surface area contributed by atoms with Gasteiger partial charge in [-0.15, -0.1) is 0 Å². The summed E-state index contributed by atoms with van der Waals surface area (Å²) in [5, 5.41) is 0.